The van der Waals surface area contributed by atoms with Crippen molar-refractivity contribution in [3.63, 3.8) is 0 Å². The van der Waals surface area contributed by atoms with Crippen LogP contribution in [0.2, 0.25) is 0 Å². The van der Waals surface area contributed by atoms with Gasteiger partial charge >= 0.3 is 5.97 Å². The van der Waals surface area contributed by atoms with E-state index in [1.165, 1.54) is 34.4 Å². The molecule has 0 aliphatic heterocycles. The van der Waals surface area contributed by atoms with Gasteiger partial charge in [-0.2, -0.15) is 0 Å². The first-order valence-corrected chi connectivity index (χ1v) is 9.18. The third-order valence-electron chi connectivity index (χ3n) is 2.04. The van der Waals surface area contributed by atoms with E-state index in [1.807, 2.05) is 0 Å². The van der Waals surface area contributed by atoms with Gasteiger partial charge in [0.1, 0.15) is 0 Å². The van der Waals surface area contributed by atoms with Gasteiger partial charge in [0.05, 0.1) is 21.0 Å². The Bertz CT molecular complexity index is 643. The summed E-state index contributed by atoms with van der Waals surface area (Å²) in [5.41, 5.74) is 0. The van der Waals surface area contributed by atoms with Crippen LogP contribution in [0.5, 0.6) is 0 Å². The van der Waals surface area contributed by atoms with Gasteiger partial charge in [0.25, 0.3) is 5.91 Å². The SMILES string of the molecule is CCOC(=O)CSc1nnc(NC(=O)c2ccc(Br)s2)s1. The zero-order chi connectivity index (χ0) is 15.2. The van der Waals surface area contributed by atoms with E-state index in [2.05, 4.69) is 31.4 Å². The molecule has 0 fully saturated rings. The first-order chi connectivity index (χ1) is 10.1. The lowest BCUT2D eigenvalue weighted by Gasteiger charge is -1.98. The number of hydrogen-bond acceptors (Lipinski definition) is 8. The molecule has 0 aliphatic rings. The van der Waals surface area contributed by atoms with Crippen molar-refractivity contribution in [1.82, 2.24) is 10.2 Å². The highest BCUT2D eigenvalue weighted by molar-refractivity contribution is 9.11. The molecule has 0 radical (unpaired) electrons. The second-order valence-electron chi connectivity index (χ2n) is 3.52. The molecule has 0 bridgehead atoms. The molecule has 6 nitrogen and oxygen atoms in total. The Labute approximate surface area is 141 Å². The van der Waals surface area contributed by atoms with Crippen LogP contribution in [0.25, 0.3) is 0 Å². The molecule has 2 rings (SSSR count). The van der Waals surface area contributed by atoms with Crippen molar-refractivity contribution in [3.8, 4) is 0 Å². The Balaban J connectivity index is 1.88. The maximum atomic E-state index is 11.9. The Morgan fingerprint density at radius 3 is 2.86 bits per heavy atom. The molecule has 112 valence electrons. The lowest BCUT2D eigenvalue weighted by molar-refractivity contribution is -0.139. The summed E-state index contributed by atoms with van der Waals surface area (Å²) in [6.07, 6.45) is 0. The van der Waals surface area contributed by atoms with E-state index >= 15 is 0 Å². The molecular weight excluding hydrogens is 398 g/mol. The third-order valence-corrected chi connectivity index (χ3v) is 5.61. The average molecular weight is 408 g/mol. The number of hydrogen-bond donors (Lipinski definition) is 1. The zero-order valence-electron chi connectivity index (χ0n) is 10.8. The summed E-state index contributed by atoms with van der Waals surface area (Å²) in [5.74, 6) is -0.357. The molecule has 0 atom stereocenters. The smallest absolute Gasteiger partial charge is 0.316 e. The summed E-state index contributed by atoms with van der Waals surface area (Å²) in [6, 6.07) is 3.53. The van der Waals surface area contributed by atoms with Crippen molar-refractivity contribution >= 4 is 67.4 Å². The van der Waals surface area contributed by atoms with Crippen LogP contribution in [0.3, 0.4) is 0 Å². The van der Waals surface area contributed by atoms with E-state index in [4.69, 9.17) is 4.74 Å². The summed E-state index contributed by atoms with van der Waals surface area (Å²) in [6.45, 7) is 2.11. The topological polar surface area (TPSA) is 81.2 Å². The number of anilines is 1. The molecule has 0 spiro atoms. The second-order valence-corrected chi connectivity index (χ2v) is 8.19. The van der Waals surface area contributed by atoms with Crippen LogP contribution in [0.15, 0.2) is 20.3 Å². The number of aromatic nitrogens is 2. The highest BCUT2D eigenvalue weighted by Crippen LogP contribution is 2.27. The Morgan fingerprint density at radius 1 is 1.38 bits per heavy atom. The summed E-state index contributed by atoms with van der Waals surface area (Å²) in [4.78, 5) is 23.7. The van der Waals surface area contributed by atoms with Crippen LogP contribution in [0.4, 0.5) is 5.13 Å². The van der Waals surface area contributed by atoms with Crippen molar-refractivity contribution < 1.29 is 14.3 Å². The van der Waals surface area contributed by atoms with Crippen molar-refractivity contribution in [2.45, 2.75) is 11.3 Å². The van der Waals surface area contributed by atoms with Gasteiger partial charge < -0.3 is 4.74 Å². The largest absolute Gasteiger partial charge is 0.465 e. The monoisotopic (exact) mass is 407 g/mol. The number of amides is 1. The number of nitrogens with one attached hydrogen (secondary N) is 1. The summed E-state index contributed by atoms with van der Waals surface area (Å²) in [5, 5.41) is 10.8. The fourth-order valence-electron chi connectivity index (χ4n) is 1.24. The summed E-state index contributed by atoms with van der Waals surface area (Å²) in [7, 11) is 0. The molecule has 1 N–H and O–H groups in total. The lowest BCUT2D eigenvalue weighted by atomic mass is 10.4. The van der Waals surface area contributed by atoms with E-state index in [0.717, 1.165) is 3.79 Å². The van der Waals surface area contributed by atoms with Crippen LogP contribution < -0.4 is 5.32 Å². The highest BCUT2D eigenvalue weighted by atomic mass is 79.9. The molecule has 2 heterocycles. The Hall–Kier alpha value is -0.970. The average Bonchev–Trinajstić information content (AvgIpc) is 3.06. The molecule has 2 aromatic heterocycles. The Kier molecular flexibility index (Phi) is 6.15. The van der Waals surface area contributed by atoms with Crippen LogP contribution in [-0.4, -0.2) is 34.4 Å². The van der Waals surface area contributed by atoms with Gasteiger partial charge in [0.2, 0.25) is 5.13 Å². The predicted octanol–water partition coefficient (Wildman–Crippen LogP) is 3.27. The first kappa shape index (κ1) is 16.4. The van der Waals surface area contributed by atoms with Gasteiger partial charge in [0.15, 0.2) is 4.34 Å². The van der Waals surface area contributed by atoms with E-state index in [0.29, 0.717) is 21.0 Å². The number of thiophene rings is 1. The summed E-state index contributed by atoms with van der Waals surface area (Å²) >= 11 is 7.09. The number of ether oxygens (including phenoxy) is 1. The lowest BCUT2D eigenvalue weighted by Crippen LogP contribution is -2.09. The Morgan fingerprint density at radius 2 is 2.19 bits per heavy atom. The van der Waals surface area contributed by atoms with Gasteiger partial charge in [-0.05, 0) is 35.0 Å². The molecule has 0 saturated heterocycles. The quantitative estimate of drug-likeness (QED) is 0.449. The standard InChI is InChI=1S/C11H10BrN3O3S3/c1-2-18-8(16)5-19-11-15-14-10(21-11)13-9(17)6-3-4-7(12)20-6/h3-4H,2,5H2,1H3,(H,13,14,17). The van der Waals surface area contributed by atoms with Crippen molar-refractivity contribution in [3.05, 3.63) is 20.8 Å². The van der Waals surface area contributed by atoms with Crippen LogP contribution in [0, 0.1) is 0 Å². The number of rotatable bonds is 6. The van der Waals surface area contributed by atoms with E-state index in [1.54, 1.807) is 19.1 Å². The maximum absolute atomic E-state index is 11.9. The number of carbonyl (C=O) groups is 2. The van der Waals surface area contributed by atoms with Gasteiger partial charge in [-0.15, -0.1) is 21.5 Å². The van der Waals surface area contributed by atoms with Crippen molar-refractivity contribution in [2.24, 2.45) is 0 Å². The highest BCUT2D eigenvalue weighted by Gasteiger charge is 2.13. The van der Waals surface area contributed by atoms with Gasteiger partial charge in [-0.3, -0.25) is 14.9 Å². The van der Waals surface area contributed by atoms with E-state index < -0.39 is 0 Å². The van der Waals surface area contributed by atoms with Gasteiger partial charge in [0, 0.05) is 0 Å². The predicted molar refractivity (Wildman–Crippen MR) is 87.2 cm³/mol. The maximum Gasteiger partial charge on any atom is 0.316 e. The molecule has 21 heavy (non-hydrogen) atoms. The molecule has 0 aliphatic carbocycles. The van der Waals surface area contributed by atoms with Crippen molar-refractivity contribution in [1.29, 1.82) is 0 Å². The summed E-state index contributed by atoms with van der Waals surface area (Å²) < 4.78 is 6.31. The molecular formula is C11H10BrN3O3S3. The molecule has 0 aromatic carbocycles. The van der Waals surface area contributed by atoms with Crippen LogP contribution in [-0.2, 0) is 9.53 Å². The van der Waals surface area contributed by atoms with E-state index in [9.17, 15) is 9.59 Å². The fourth-order valence-corrected chi connectivity index (χ4v) is 4.06. The van der Waals surface area contributed by atoms with Crippen molar-refractivity contribution in [2.75, 3.05) is 17.7 Å². The van der Waals surface area contributed by atoms with Crippen LogP contribution in [0.1, 0.15) is 16.6 Å². The second kappa shape index (κ2) is 7.87. The molecule has 0 unspecified atom stereocenters. The molecule has 0 saturated carbocycles. The number of halogens is 1. The first-order valence-electron chi connectivity index (χ1n) is 5.77. The zero-order valence-corrected chi connectivity index (χ0v) is 14.8. The molecule has 2 aromatic rings. The van der Waals surface area contributed by atoms with Gasteiger partial charge in [-0.1, -0.05) is 23.1 Å². The van der Waals surface area contributed by atoms with Crippen LogP contribution >= 0.6 is 50.4 Å². The number of thioether (sulfide) groups is 1. The molecule has 10 heteroatoms. The third kappa shape index (κ3) is 5.06. The minimum atomic E-state index is -0.299. The number of nitrogens with zero attached hydrogens (tertiary/aromatic N) is 2. The fraction of sp³-hybridized carbons (Fsp3) is 0.273. The minimum absolute atomic E-state index is 0.175. The number of carbonyl (C=O) groups excluding carboxylic acids is 2. The minimum Gasteiger partial charge on any atom is -0.465 e. The van der Waals surface area contributed by atoms with E-state index in [-0.39, 0.29) is 17.6 Å². The van der Waals surface area contributed by atoms with Gasteiger partial charge in [-0.25, -0.2) is 0 Å². The molecule has 1 amide bonds. The number of esters is 1. The normalized spacial score (nSPS) is 10.4.